The van der Waals surface area contributed by atoms with E-state index in [0.717, 1.165) is 10.8 Å². The van der Waals surface area contributed by atoms with Crippen molar-refractivity contribution in [1.82, 2.24) is 4.57 Å². The van der Waals surface area contributed by atoms with Crippen LogP contribution in [0.2, 0.25) is 13.1 Å². The zero-order chi connectivity index (χ0) is 19.9. The number of aliphatic hydroxyl groups is 2. The Morgan fingerprint density at radius 3 is 2.38 bits per heavy atom. The molecule has 3 rings (SSSR count). The molecule has 1 aromatic carbocycles. The van der Waals surface area contributed by atoms with Gasteiger partial charge in [-0.15, -0.1) is 0 Å². The molecular formula is C20H31BNO3S. The second kappa shape index (κ2) is 10.8. The van der Waals surface area contributed by atoms with Crippen molar-refractivity contribution in [3.8, 4) is 0 Å². The monoisotopic (exact) mass is 376 g/mol. The Labute approximate surface area is 163 Å². The molecule has 0 spiro atoms. The number of ether oxygens (including phenoxy) is 1. The van der Waals surface area contributed by atoms with Crippen LogP contribution in [0.25, 0.3) is 10.8 Å². The maximum atomic E-state index is 10.3. The Bertz CT molecular complexity index is 749. The molecule has 143 valence electrons. The predicted octanol–water partition coefficient (Wildman–Crippen LogP) is 4.52. The van der Waals surface area contributed by atoms with Crippen molar-refractivity contribution in [2.45, 2.75) is 72.3 Å². The van der Waals surface area contributed by atoms with E-state index in [4.69, 9.17) is 17.0 Å². The minimum Gasteiger partial charge on any atom is -0.388 e. The summed E-state index contributed by atoms with van der Waals surface area (Å²) in [6.07, 6.45) is -0.535. The number of benzene rings is 1. The van der Waals surface area contributed by atoms with Crippen molar-refractivity contribution in [2.75, 3.05) is 0 Å². The van der Waals surface area contributed by atoms with Gasteiger partial charge in [-0.2, -0.15) is 0 Å². The van der Waals surface area contributed by atoms with E-state index in [9.17, 15) is 10.2 Å². The molecule has 2 N–H and O–H groups in total. The number of pyridine rings is 1. The van der Waals surface area contributed by atoms with E-state index < -0.39 is 24.5 Å². The molecule has 1 aliphatic heterocycles. The Hall–Kier alpha value is -1.21. The third kappa shape index (κ3) is 4.74. The minimum absolute atomic E-state index is 0.402. The van der Waals surface area contributed by atoms with E-state index in [-0.39, 0.29) is 0 Å². The smallest absolute Gasteiger partial charge is 0.163 e. The van der Waals surface area contributed by atoms with Gasteiger partial charge in [0.2, 0.25) is 0 Å². The van der Waals surface area contributed by atoms with Gasteiger partial charge in [-0.3, -0.25) is 0 Å². The second-order valence-electron chi connectivity index (χ2n) is 5.81. The zero-order valence-electron chi connectivity index (χ0n) is 16.6. The SMILES string of the molecule is CC.CC.C[B]CC1OC(n2ccc3cc(C)ccc3c2=S)C(O)C1O. The van der Waals surface area contributed by atoms with Crippen molar-refractivity contribution in [3.05, 3.63) is 40.7 Å². The van der Waals surface area contributed by atoms with Crippen LogP contribution in [0.1, 0.15) is 39.5 Å². The molecule has 26 heavy (non-hydrogen) atoms. The molecule has 4 atom stereocenters. The Morgan fingerprint density at radius 2 is 1.77 bits per heavy atom. The van der Waals surface area contributed by atoms with E-state index in [1.165, 1.54) is 5.56 Å². The first-order chi connectivity index (χ1) is 12.5. The highest BCUT2D eigenvalue weighted by molar-refractivity contribution is 7.71. The van der Waals surface area contributed by atoms with Gasteiger partial charge < -0.3 is 19.5 Å². The molecule has 0 aliphatic carbocycles. The molecule has 1 fully saturated rings. The topological polar surface area (TPSA) is 54.6 Å². The van der Waals surface area contributed by atoms with Crippen LogP contribution in [-0.4, -0.2) is 40.4 Å². The summed E-state index contributed by atoms with van der Waals surface area (Å²) in [5.74, 6) is 0. The lowest BCUT2D eigenvalue weighted by Crippen LogP contribution is -2.31. The summed E-state index contributed by atoms with van der Waals surface area (Å²) in [4.78, 5) is 0. The van der Waals surface area contributed by atoms with Crippen LogP contribution in [0.15, 0.2) is 30.5 Å². The molecule has 1 radical (unpaired) electrons. The fourth-order valence-electron chi connectivity index (χ4n) is 2.97. The molecule has 0 amide bonds. The van der Waals surface area contributed by atoms with Crippen molar-refractivity contribution >= 4 is 30.3 Å². The maximum absolute atomic E-state index is 10.3. The van der Waals surface area contributed by atoms with E-state index in [0.29, 0.717) is 11.0 Å². The van der Waals surface area contributed by atoms with Crippen LogP contribution >= 0.6 is 12.2 Å². The number of aromatic nitrogens is 1. The molecule has 2 heterocycles. The molecule has 0 bridgehead atoms. The molecule has 1 saturated heterocycles. The third-order valence-electron chi connectivity index (χ3n) is 4.17. The normalized spacial score (nSPS) is 24.3. The van der Waals surface area contributed by atoms with Crippen LogP contribution in [-0.2, 0) is 4.74 Å². The van der Waals surface area contributed by atoms with Gasteiger partial charge in [-0.25, -0.2) is 0 Å². The van der Waals surface area contributed by atoms with Crippen molar-refractivity contribution < 1.29 is 14.9 Å². The fourth-order valence-corrected chi connectivity index (χ4v) is 3.32. The third-order valence-corrected chi connectivity index (χ3v) is 4.60. The number of hydrogen-bond acceptors (Lipinski definition) is 4. The lowest BCUT2D eigenvalue weighted by atomic mass is 9.74. The molecule has 4 nitrogen and oxygen atoms in total. The molecule has 2 aromatic rings. The summed E-state index contributed by atoms with van der Waals surface area (Å²) in [5, 5.41) is 22.4. The maximum Gasteiger partial charge on any atom is 0.163 e. The van der Waals surface area contributed by atoms with Gasteiger partial charge in [0.05, 0.1) is 6.10 Å². The summed E-state index contributed by atoms with van der Waals surface area (Å²) in [5.41, 5.74) is 1.17. The molecule has 6 heteroatoms. The summed E-state index contributed by atoms with van der Waals surface area (Å²) in [6, 6.07) is 8.03. The summed E-state index contributed by atoms with van der Waals surface area (Å²) in [6.45, 7) is 11.9. The van der Waals surface area contributed by atoms with Crippen LogP contribution in [0, 0.1) is 11.6 Å². The number of aliphatic hydroxyl groups excluding tert-OH is 2. The number of aryl methyl sites for hydroxylation is 1. The average molecular weight is 376 g/mol. The van der Waals surface area contributed by atoms with Crippen LogP contribution in [0.3, 0.4) is 0 Å². The Morgan fingerprint density at radius 1 is 1.12 bits per heavy atom. The zero-order valence-corrected chi connectivity index (χ0v) is 17.5. The van der Waals surface area contributed by atoms with Crippen LogP contribution in [0.5, 0.6) is 0 Å². The molecule has 1 aliphatic rings. The van der Waals surface area contributed by atoms with Gasteiger partial charge in [-0.05, 0) is 18.4 Å². The summed E-state index contributed by atoms with van der Waals surface area (Å²) in [7, 11) is 1.92. The lowest BCUT2D eigenvalue weighted by Gasteiger charge is -2.19. The Balaban J connectivity index is 0.000000791. The van der Waals surface area contributed by atoms with Gasteiger partial charge in [0.1, 0.15) is 24.1 Å². The van der Waals surface area contributed by atoms with Crippen LogP contribution in [0.4, 0.5) is 0 Å². The molecular weight excluding hydrogens is 345 g/mol. The first kappa shape index (κ1) is 22.8. The van der Waals surface area contributed by atoms with Gasteiger partial charge in [-0.1, -0.05) is 76.8 Å². The first-order valence-corrected chi connectivity index (χ1v) is 9.84. The van der Waals surface area contributed by atoms with E-state index in [2.05, 4.69) is 6.07 Å². The molecule has 0 saturated carbocycles. The second-order valence-corrected chi connectivity index (χ2v) is 6.20. The number of rotatable bonds is 3. The highest BCUT2D eigenvalue weighted by Crippen LogP contribution is 2.32. The highest BCUT2D eigenvalue weighted by Gasteiger charge is 2.42. The highest BCUT2D eigenvalue weighted by atomic mass is 32.1. The van der Waals surface area contributed by atoms with Gasteiger partial charge in [0.25, 0.3) is 0 Å². The van der Waals surface area contributed by atoms with Crippen molar-refractivity contribution in [2.24, 2.45) is 0 Å². The van der Waals surface area contributed by atoms with Crippen molar-refractivity contribution in [3.63, 3.8) is 0 Å². The van der Waals surface area contributed by atoms with Crippen molar-refractivity contribution in [1.29, 1.82) is 0 Å². The van der Waals surface area contributed by atoms with E-state index in [1.54, 1.807) is 4.57 Å². The minimum atomic E-state index is -0.987. The Kier molecular flexibility index (Phi) is 9.51. The van der Waals surface area contributed by atoms with Gasteiger partial charge in [0.15, 0.2) is 6.23 Å². The van der Waals surface area contributed by atoms with E-state index in [1.807, 2.05) is 73.1 Å². The van der Waals surface area contributed by atoms with E-state index >= 15 is 0 Å². The number of nitrogens with zero attached hydrogens (tertiary/aromatic N) is 1. The predicted molar refractivity (Wildman–Crippen MR) is 113 cm³/mol. The lowest BCUT2D eigenvalue weighted by molar-refractivity contribution is -0.0329. The molecule has 4 unspecified atom stereocenters. The number of hydrogen-bond donors (Lipinski definition) is 2. The quantitative estimate of drug-likeness (QED) is 0.611. The summed E-state index contributed by atoms with van der Waals surface area (Å²) >= 11 is 5.55. The fraction of sp³-hybridized carbons (Fsp3) is 0.550. The van der Waals surface area contributed by atoms with Gasteiger partial charge in [0, 0.05) is 11.6 Å². The van der Waals surface area contributed by atoms with Gasteiger partial charge >= 0.3 is 0 Å². The molecule has 1 aromatic heterocycles. The summed E-state index contributed by atoms with van der Waals surface area (Å²) < 4.78 is 8.17. The number of fused-ring (bicyclic) bond motifs is 1. The first-order valence-electron chi connectivity index (χ1n) is 9.44. The standard InChI is InChI=1S/C16H19BNO3S.2C2H6/c1-9-3-4-11-10(7-9)5-6-18(16(11)22)15-14(20)13(19)12(21-15)8-17-2;2*1-2/h3-7,12-15,19-20H,8H2,1-2H3;2*1-2H3. The van der Waals surface area contributed by atoms with Crippen LogP contribution < -0.4 is 0 Å². The largest absolute Gasteiger partial charge is 0.388 e. The average Bonchev–Trinajstić information content (AvgIpc) is 2.94.